The van der Waals surface area contributed by atoms with Crippen molar-refractivity contribution in [3.8, 4) is 0 Å². The van der Waals surface area contributed by atoms with Crippen molar-refractivity contribution in [2.75, 3.05) is 44.2 Å². The van der Waals surface area contributed by atoms with Crippen LogP contribution in [0.15, 0.2) is 53.4 Å². The lowest BCUT2D eigenvalue weighted by Crippen LogP contribution is -2.49. The van der Waals surface area contributed by atoms with E-state index in [4.69, 9.17) is 0 Å². The Morgan fingerprint density at radius 1 is 1.09 bits per heavy atom. The number of rotatable bonds is 6. The van der Waals surface area contributed by atoms with Gasteiger partial charge in [-0.3, -0.25) is 9.69 Å². The summed E-state index contributed by atoms with van der Waals surface area (Å²) in [5.41, 5.74) is 0.561. The van der Waals surface area contributed by atoms with E-state index in [1.807, 2.05) is 28.0 Å². The topological polar surface area (TPSA) is 55.7 Å². The molecule has 2 aliphatic rings. The number of nitrogens with zero attached hydrogens (tertiary/aromatic N) is 3. The van der Waals surface area contributed by atoms with Crippen molar-refractivity contribution in [1.82, 2.24) is 10.2 Å². The van der Waals surface area contributed by atoms with E-state index in [1.165, 1.54) is 23.9 Å². The number of nitroso groups, excluding NO2 is 1. The zero-order valence-electron chi connectivity index (χ0n) is 17.3. The van der Waals surface area contributed by atoms with Crippen molar-refractivity contribution in [3.05, 3.63) is 59.0 Å². The SMILES string of the molecule is O=C(CN1CCN(c2cccc(C(F)(F)F)c2)CC1)NCCC1Sc2ccccc2[N+]1=O. The number of fused-ring (bicyclic) bond motifs is 1. The van der Waals surface area contributed by atoms with E-state index < -0.39 is 11.7 Å². The van der Waals surface area contributed by atoms with Gasteiger partial charge in [-0.05, 0) is 36.0 Å². The second kappa shape index (κ2) is 9.50. The van der Waals surface area contributed by atoms with E-state index in [0.717, 1.165) is 15.7 Å². The molecule has 0 aliphatic carbocycles. The van der Waals surface area contributed by atoms with Gasteiger partial charge in [0.25, 0.3) is 11.1 Å². The van der Waals surface area contributed by atoms with Crippen molar-refractivity contribution in [2.24, 2.45) is 0 Å². The second-order valence-corrected chi connectivity index (χ2v) is 9.04. The van der Waals surface area contributed by atoms with Crippen LogP contribution in [0.5, 0.6) is 0 Å². The highest BCUT2D eigenvalue weighted by atomic mass is 32.2. The first-order valence-corrected chi connectivity index (χ1v) is 11.3. The van der Waals surface area contributed by atoms with Crippen LogP contribution in [0, 0.1) is 4.91 Å². The molecule has 0 radical (unpaired) electrons. The van der Waals surface area contributed by atoms with Crippen LogP contribution >= 0.6 is 11.8 Å². The Bertz CT molecular complexity index is 993. The number of carbonyl (C=O) groups is 1. The number of carbonyl (C=O) groups excluding carboxylic acids is 1. The molecular weight excluding hydrogens is 441 g/mol. The molecule has 0 aromatic heterocycles. The van der Waals surface area contributed by atoms with Gasteiger partial charge in [-0.25, -0.2) is 0 Å². The molecule has 1 fully saturated rings. The summed E-state index contributed by atoms with van der Waals surface area (Å²) in [4.78, 5) is 29.5. The summed E-state index contributed by atoms with van der Waals surface area (Å²) in [6.07, 6.45) is -3.82. The Hall–Kier alpha value is -2.59. The fourth-order valence-electron chi connectivity index (χ4n) is 3.90. The molecule has 10 heteroatoms. The van der Waals surface area contributed by atoms with Gasteiger partial charge in [-0.1, -0.05) is 18.2 Å². The first-order chi connectivity index (χ1) is 15.3. The molecule has 1 N–H and O–H groups in total. The molecule has 2 heterocycles. The van der Waals surface area contributed by atoms with Gasteiger partial charge in [-0.2, -0.15) is 13.2 Å². The van der Waals surface area contributed by atoms with E-state index in [0.29, 0.717) is 50.5 Å². The summed E-state index contributed by atoms with van der Waals surface area (Å²) in [6, 6.07) is 12.8. The highest BCUT2D eigenvalue weighted by Gasteiger charge is 2.39. The minimum atomic E-state index is -4.36. The molecule has 2 aromatic rings. The van der Waals surface area contributed by atoms with Gasteiger partial charge in [0.1, 0.15) is 0 Å². The molecular formula is C22H24F3N4O2S+. The first-order valence-electron chi connectivity index (χ1n) is 10.4. The zero-order chi connectivity index (χ0) is 22.7. The standard InChI is InChI=1S/C22H23F3N4O2S/c23-22(24,25)16-4-3-5-17(14-16)28-12-10-27(11-13-28)15-20(30)26-9-8-21-29(31)18-6-1-2-7-19(18)32-21/h1-7,14,21H,8-13,15H2/p+1. The number of thioether (sulfide) groups is 1. The largest absolute Gasteiger partial charge is 0.416 e. The van der Waals surface area contributed by atoms with Gasteiger partial charge in [0, 0.05) is 55.8 Å². The number of hydrogen-bond acceptors (Lipinski definition) is 5. The van der Waals surface area contributed by atoms with Crippen LogP contribution in [0.2, 0.25) is 0 Å². The summed E-state index contributed by atoms with van der Waals surface area (Å²) in [6.45, 7) is 2.92. The van der Waals surface area contributed by atoms with E-state index in [2.05, 4.69) is 5.32 Å². The quantitative estimate of drug-likeness (QED) is 0.657. The molecule has 1 atom stereocenters. The summed E-state index contributed by atoms with van der Waals surface area (Å²) in [7, 11) is 0. The molecule has 6 nitrogen and oxygen atoms in total. The number of nitrogens with one attached hydrogen (secondary N) is 1. The number of benzene rings is 2. The molecule has 170 valence electrons. The van der Waals surface area contributed by atoms with Crippen LogP contribution < -0.4 is 10.2 Å². The van der Waals surface area contributed by atoms with Crippen LogP contribution in [0.1, 0.15) is 12.0 Å². The number of alkyl halides is 3. The predicted octanol–water partition coefficient (Wildman–Crippen LogP) is 3.88. The molecule has 0 bridgehead atoms. The van der Waals surface area contributed by atoms with Crippen LogP contribution in [-0.2, 0) is 11.0 Å². The van der Waals surface area contributed by atoms with Gasteiger partial charge in [0.2, 0.25) is 5.91 Å². The number of para-hydroxylation sites is 1. The maximum absolute atomic E-state index is 12.9. The third kappa shape index (κ3) is 5.24. The highest BCUT2D eigenvalue weighted by Crippen LogP contribution is 2.42. The number of halogens is 3. The molecule has 2 aromatic carbocycles. The van der Waals surface area contributed by atoms with E-state index in [-0.39, 0.29) is 17.8 Å². The number of amides is 1. The highest BCUT2D eigenvalue weighted by molar-refractivity contribution is 8.00. The number of hydrogen-bond donors (Lipinski definition) is 1. The third-order valence-corrected chi connectivity index (χ3v) is 6.92. The molecule has 1 saturated heterocycles. The van der Waals surface area contributed by atoms with Gasteiger partial charge >= 0.3 is 6.18 Å². The summed E-state index contributed by atoms with van der Waals surface area (Å²) >= 11 is 1.51. The van der Waals surface area contributed by atoms with Crippen LogP contribution in [0.25, 0.3) is 0 Å². The van der Waals surface area contributed by atoms with Gasteiger partial charge in [-0.15, -0.1) is 0 Å². The molecule has 0 spiro atoms. The van der Waals surface area contributed by atoms with Crippen molar-refractivity contribution < 1.29 is 22.7 Å². The van der Waals surface area contributed by atoms with Crippen LogP contribution in [0.3, 0.4) is 0 Å². The van der Waals surface area contributed by atoms with Gasteiger partial charge in [0.15, 0.2) is 0 Å². The minimum absolute atomic E-state index is 0.115. The van der Waals surface area contributed by atoms with E-state index >= 15 is 0 Å². The van der Waals surface area contributed by atoms with Crippen LogP contribution in [0.4, 0.5) is 24.5 Å². The second-order valence-electron chi connectivity index (χ2n) is 7.82. The Labute approximate surface area is 188 Å². The molecule has 4 rings (SSSR count). The monoisotopic (exact) mass is 465 g/mol. The number of piperazine rings is 1. The van der Waals surface area contributed by atoms with Crippen LogP contribution in [-0.4, -0.2) is 60.2 Å². The summed E-state index contributed by atoms with van der Waals surface area (Å²) in [5, 5.41) is 2.63. The predicted molar refractivity (Wildman–Crippen MR) is 117 cm³/mol. The van der Waals surface area contributed by atoms with Crippen molar-refractivity contribution in [1.29, 1.82) is 0 Å². The lowest BCUT2D eigenvalue weighted by molar-refractivity contribution is -0.476. The molecule has 1 amide bonds. The van der Waals surface area contributed by atoms with E-state index in [9.17, 15) is 22.9 Å². The Balaban J connectivity index is 1.19. The fraction of sp³-hybridized carbons (Fsp3) is 0.409. The Morgan fingerprint density at radius 3 is 2.56 bits per heavy atom. The summed E-state index contributed by atoms with van der Waals surface area (Å²) < 4.78 is 39.8. The molecule has 2 aliphatic heterocycles. The van der Waals surface area contributed by atoms with Gasteiger partial charge in [0.05, 0.1) is 21.8 Å². The minimum Gasteiger partial charge on any atom is -0.369 e. The molecule has 0 saturated carbocycles. The lowest BCUT2D eigenvalue weighted by Gasteiger charge is -2.36. The maximum atomic E-state index is 12.9. The van der Waals surface area contributed by atoms with Crippen molar-refractivity contribution >= 4 is 29.0 Å². The zero-order valence-corrected chi connectivity index (χ0v) is 18.2. The fourth-order valence-corrected chi connectivity index (χ4v) is 5.08. The normalized spacial score (nSPS) is 19.2. The molecule has 1 unspecified atom stereocenters. The average molecular weight is 466 g/mol. The van der Waals surface area contributed by atoms with Gasteiger partial charge < -0.3 is 10.2 Å². The number of anilines is 1. The average Bonchev–Trinajstić information content (AvgIpc) is 3.09. The maximum Gasteiger partial charge on any atom is 0.416 e. The lowest BCUT2D eigenvalue weighted by atomic mass is 10.1. The van der Waals surface area contributed by atoms with Crippen molar-refractivity contribution in [3.63, 3.8) is 0 Å². The smallest absolute Gasteiger partial charge is 0.369 e. The third-order valence-electron chi connectivity index (χ3n) is 5.62. The molecule has 32 heavy (non-hydrogen) atoms. The van der Waals surface area contributed by atoms with Crippen molar-refractivity contribution in [2.45, 2.75) is 22.9 Å². The Kier molecular flexibility index (Phi) is 6.71. The summed E-state index contributed by atoms with van der Waals surface area (Å²) in [5.74, 6) is -0.115. The van der Waals surface area contributed by atoms with E-state index in [1.54, 1.807) is 12.1 Å². The first kappa shape index (κ1) is 22.6. The Morgan fingerprint density at radius 2 is 1.84 bits per heavy atom.